The Balaban J connectivity index is 2.01. The van der Waals surface area contributed by atoms with E-state index in [1.54, 1.807) is 4.90 Å². The summed E-state index contributed by atoms with van der Waals surface area (Å²) in [4.78, 5) is 25.4. The molecule has 0 spiro atoms. The van der Waals surface area contributed by atoms with Crippen LogP contribution in [0.25, 0.3) is 0 Å². The molecule has 1 aliphatic heterocycles. The Labute approximate surface area is 124 Å². The minimum Gasteiger partial charge on any atom is -0.336 e. The second-order valence-electron chi connectivity index (χ2n) is 5.26. The van der Waals surface area contributed by atoms with Gasteiger partial charge in [0.15, 0.2) is 0 Å². The van der Waals surface area contributed by atoms with Crippen molar-refractivity contribution in [3.8, 4) is 0 Å². The van der Waals surface area contributed by atoms with Gasteiger partial charge in [0.2, 0.25) is 5.91 Å². The van der Waals surface area contributed by atoms with Crippen LogP contribution < -0.4 is 21.3 Å². The van der Waals surface area contributed by atoms with Crippen molar-refractivity contribution in [1.29, 1.82) is 0 Å². The van der Waals surface area contributed by atoms with Crippen molar-refractivity contribution in [3.63, 3.8) is 0 Å². The Hall–Kier alpha value is -2.08. The molecule has 3 amide bonds. The quantitative estimate of drug-likeness (QED) is 0.742. The molecule has 1 fully saturated rings. The van der Waals surface area contributed by atoms with E-state index in [0.717, 1.165) is 18.5 Å². The molecule has 1 aromatic rings. The smallest absolute Gasteiger partial charge is 0.321 e. The topological polar surface area (TPSA) is 87.5 Å². The molecule has 2 rings (SSSR count). The largest absolute Gasteiger partial charge is 0.336 e. The first-order chi connectivity index (χ1) is 10.1. The number of urea groups is 1. The fraction of sp³-hybridized carbons (Fsp3) is 0.467. The van der Waals surface area contributed by atoms with Crippen LogP contribution in [0.5, 0.6) is 0 Å². The molecule has 0 radical (unpaired) electrons. The van der Waals surface area contributed by atoms with Crippen molar-refractivity contribution >= 4 is 23.3 Å². The number of nitrogens with zero attached hydrogens (tertiary/aromatic N) is 1. The molecular formula is C15H22N4O2. The third-order valence-electron chi connectivity index (χ3n) is 3.57. The summed E-state index contributed by atoms with van der Waals surface area (Å²) in [7, 11) is 0. The minimum absolute atomic E-state index is 0.0218. The van der Waals surface area contributed by atoms with Crippen LogP contribution in [0.4, 0.5) is 16.2 Å². The Bertz CT molecular complexity index is 518. The lowest BCUT2D eigenvalue weighted by molar-refractivity contribution is -0.119. The van der Waals surface area contributed by atoms with Gasteiger partial charge < -0.3 is 16.4 Å². The number of hydrogen-bond acceptors (Lipinski definition) is 3. The van der Waals surface area contributed by atoms with E-state index in [0.29, 0.717) is 25.3 Å². The molecular weight excluding hydrogens is 268 g/mol. The second kappa shape index (κ2) is 7.08. The first kappa shape index (κ1) is 15.3. The van der Waals surface area contributed by atoms with E-state index in [4.69, 9.17) is 5.73 Å². The predicted molar refractivity (Wildman–Crippen MR) is 83.3 cm³/mol. The highest BCUT2D eigenvalue weighted by Gasteiger charge is 2.21. The van der Waals surface area contributed by atoms with Gasteiger partial charge in [-0.2, -0.15) is 0 Å². The molecule has 1 aliphatic rings. The SMILES string of the molecule is CC(CCCN)C(=O)Nc1cccc(N2CCNC2=O)c1. The lowest BCUT2D eigenvalue weighted by Gasteiger charge is -2.16. The summed E-state index contributed by atoms with van der Waals surface area (Å²) in [6.07, 6.45) is 1.61. The Morgan fingerprint density at radius 2 is 2.33 bits per heavy atom. The maximum atomic E-state index is 12.1. The van der Waals surface area contributed by atoms with Crippen molar-refractivity contribution in [3.05, 3.63) is 24.3 Å². The fourth-order valence-corrected chi connectivity index (χ4v) is 2.29. The van der Waals surface area contributed by atoms with E-state index in [2.05, 4.69) is 10.6 Å². The molecule has 6 nitrogen and oxygen atoms in total. The van der Waals surface area contributed by atoms with Gasteiger partial charge in [-0.25, -0.2) is 4.79 Å². The normalized spacial score (nSPS) is 15.7. The van der Waals surface area contributed by atoms with E-state index >= 15 is 0 Å². The third kappa shape index (κ3) is 3.95. The van der Waals surface area contributed by atoms with Crippen LogP contribution >= 0.6 is 0 Å². The van der Waals surface area contributed by atoms with Gasteiger partial charge in [-0.15, -0.1) is 0 Å². The first-order valence-electron chi connectivity index (χ1n) is 7.28. The number of rotatable bonds is 6. The zero-order valence-corrected chi connectivity index (χ0v) is 12.3. The van der Waals surface area contributed by atoms with Gasteiger partial charge in [0.1, 0.15) is 0 Å². The molecule has 0 saturated carbocycles. The van der Waals surface area contributed by atoms with Gasteiger partial charge >= 0.3 is 6.03 Å². The van der Waals surface area contributed by atoms with E-state index in [1.807, 2.05) is 31.2 Å². The van der Waals surface area contributed by atoms with Crippen LogP contribution in [0.3, 0.4) is 0 Å². The lowest BCUT2D eigenvalue weighted by Crippen LogP contribution is -2.27. The summed E-state index contributed by atoms with van der Waals surface area (Å²) in [5.41, 5.74) is 6.95. The Morgan fingerprint density at radius 1 is 1.52 bits per heavy atom. The van der Waals surface area contributed by atoms with Gasteiger partial charge in [-0.1, -0.05) is 13.0 Å². The van der Waals surface area contributed by atoms with Crippen molar-refractivity contribution in [2.45, 2.75) is 19.8 Å². The highest BCUT2D eigenvalue weighted by Crippen LogP contribution is 2.21. The summed E-state index contributed by atoms with van der Waals surface area (Å²) >= 11 is 0. The molecule has 1 saturated heterocycles. The van der Waals surface area contributed by atoms with E-state index in [9.17, 15) is 9.59 Å². The molecule has 6 heteroatoms. The number of anilines is 2. The van der Waals surface area contributed by atoms with Crippen molar-refractivity contribution in [2.24, 2.45) is 11.7 Å². The number of hydrogen-bond donors (Lipinski definition) is 3. The third-order valence-corrected chi connectivity index (χ3v) is 3.57. The van der Waals surface area contributed by atoms with Crippen LogP contribution in [-0.2, 0) is 4.79 Å². The summed E-state index contributed by atoms with van der Waals surface area (Å²) < 4.78 is 0. The van der Waals surface area contributed by atoms with Crippen molar-refractivity contribution in [1.82, 2.24) is 5.32 Å². The molecule has 21 heavy (non-hydrogen) atoms. The number of carbonyl (C=O) groups excluding carboxylic acids is 2. The van der Waals surface area contributed by atoms with E-state index in [-0.39, 0.29) is 17.9 Å². The molecule has 0 bridgehead atoms. The highest BCUT2D eigenvalue weighted by atomic mass is 16.2. The molecule has 1 atom stereocenters. The maximum absolute atomic E-state index is 12.1. The standard InChI is InChI=1S/C15H22N4O2/c1-11(4-3-7-16)14(20)18-12-5-2-6-13(10-12)19-9-8-17-15(19)21/h2,5-6,10-11H,3-4,7-9,16H2,1H3,(H,17,21)(H,18,20). The summed E-state index contributed by atoms with van der Waals surface area (Å²) in [5, 5.41) is 5.65. The van der Waals surface area contributed by atoms with E-state index < -0.39 is 0 Å². The number of nitrogens with one attached hydrogen (secondary N) is 2. The van der Waals surface area contributed by atoms with Gasteiger partial charge in [0, 0.05) is 30.4 Å². The summed E-state index contributed by atoms with van der Waals surface area (Å²) in [6, 6.07) is 7.23. The molecule has 4 N–H and O–H groups in total. The summed E-state index contributed by atoms with van der Waals surface area (Å²) in [6.45, 7) is 3.77. The molecule has 1 heterocycles. The number of benzene rings is 1. The van der Waals surface area contributed by atoms with Crippen molar-refractivity contribution in [2.75, 3.05) is 29.9 Å². The van der Waals surface area contributed by atoms with E-state index in [1.165, 1.54) is 0 Å². The first-order valence-corrected chi connectivity index (χ1v) is 7.28. The molecule has 1 aromatic carbocycles. The molecule has 114 valence electrons. The Morgan fingerprint density at radius 3 is 3.00 bits per heavy atom. The number of amides is 3. The van der Waals surface area contributed by atoms with Crippen LogP contribution in [0.2, 0.25) is 0 Å². The van der Waals surface area contributed by atoms with Crippen LogP contribution in [-0.4, -0.2) is 31.6 Å². The molecule has 1 unspecified atom stereocenters. The average molecular weight is 290 g/mol. The lowest BCUT2D eigenvalue weighted by atomic mass is 10.0. The zero-order chi connectivity index (χ0) is 15.2. The zero-order valence-electron chi connectivity index (χ0n) is 12.3. The monoisotopic (exact) mass is 290 g/mol. The fourth-order valence-electron chi connectivity index (χ4n) is 2.29. The highest BCUT2D eigenvalue weighted by molar-refractivity contribution is 5.96. The molecule has 0 aliphatic carbocycles. The number of carbonyl (C=O) groups is 2. The van der Waals surface area contributed by atoms with Crippen LogP contribution in [0.15, 0.2) is 24.3 Å². The van der Waals surface area contributed by atoms with Gasteiger partial charge in [0.25, 0.3) is 0 Å². The second-order valence-corrected chi connectivity index (χ2v) is 5.26. The average Bonchev–Trinajstić information content (AvgIpc) is 2.91. The van der Waals surface area contributed by atoms with Crippen molar-refractivity contribution < 1.29 is 9.59 Å². The van der Waals surface area contributed by atoms with Gasteiger partial charge in [-0.05, 0) is 37.6 Å². The minimum atomic E-state index is -0.102. The maximum Gasteiger partial charge on any atom is 0.321 e. The van der Waals surface area contributed by atoms with Crippen LogP contribution in [0, 0.1) is 5.92 Å². The van der Waals surface area contributed by atoms with Crippen LogP contribution in [0.1, 0.15) is 19.8 Å². The number of nitrogens with two attached hydrogens (primary N) is 1. The van der Waals surface area contributed by atoms with Gasteiger partial charge in [0.05, 0.1) is 0 Å². The summed E-state index contributed by atoms with van der Waals surface area (Å²) in [5.74, 6) is -0.0984. The predicted octanol–water partition coefficient (Wildman–Crippen LogP) is 1.53. The Kier molecular flexibility index (Phi) is 5.16. The van der Waals surface area contributed by atoms with Gasteiger partial charge in [-0.3, -0.25) is 9.69 Å². The molecule has 0 aromatic heterocycles.